The number of aromatic nitrogens is 1. The van der Waals surface area contributed by atoms with Gasteiger partial charge in [-0.05, 0) is 67.8 Å². The molecule has 0 bridgehead atoms. The van der Waals surface area contributed by atoms with Crippen LogP contribution in [0, 0.1) is 13.8 Å². The number of fused-ring (bicyclic) bond motifs is 2. The van der Waals surface area contributed by atoms with Crippen molar-refractivity contribution < 1.29 is 22.8 Å². The summed E-state index contributed by atoms with van der Waals surface area (Å²) in [6.45, 7) is 5.21. The number of carbonyl (C=O) groups is 2. The van der Waals surface area contributed by atoms with Gasteiger partial charge in [0, 0.05) is 34.0 Å². The fourth-order valence-electron chi connectivity index (χ4n) is 4.96. The number of amides is 2. The maximum absolute atomic E-state index is 13.8. The highest BCUT2D eigenvalue weighted by molar-refractivity contribution is 6.35. The van der Waals surface area contributed by atoms with Crippen molar-refractivity contribution in [2.24, 2.45) is 5.84 Å². The van der Waals surface area contributed by atoms with E-state index in [1.807, 2.05) is 44.2 Å². The molecule has 6 nitrogen and oxygen atoms in total. The Hall–Kier alpha value is -4.37. The van der Waals surface area contributed by atoms with Crippen molar-refractivity contribution in [2.75, 3.05) is 4.90 Å². The third-order valence-electron chi connectivity index (χ3n) is 6.73. The van der Waals surface area contributed by atoms with Crippen LogP contribution in [0.1, 0.15) is 34.7 Å². The van der Waals surface area contributed by atoms with E-state index in [4.69, 9.17) is 5.84 Å². The number of alkyl halides is 3. The number of para-hydroxylation sites is 1. The number of nitrogens with one attached hydrogen (secondary N) is 1. The first kappa shape index (κ1) is 25.3. The fraction of sp³-hybridized carbons (Fsp3) is 0.172. The van der Waals surface area contributed by atoms with Crippen LogP contribution in [0.2, 0.25) is 0 Å². The van der Waals surface area contributed by atoms with Crippen LogP contribution < -0.4 is 10.7 Å². The Morgan fingerprint density at radius 1 is 1.03 bits per heavy atom. The summed E-state index contributed by atoms with van der Waals surface area (Å²) in [7, 11) is 0. The van der Waals surface area contributed by atoms with E-state index in [9.17, 15) is 22.8 Å². The summed E-state index contributed by atoms with van der Waals surface area (Å²) in [5.74, 6) is 5.19. The standard InChI is InChI=1S/C29H25F3N4O2/c1-16-10-17(2)12-21(11-16)35-25-14-20(29(30,31)32)8-9-23(25)27(28(35)38)18(3)36(33)26(37)13-19-15-34-24-7-5-4-6-22(19)24/h4-12,14-15,34H,13,33H2,1-3H3/b27-18-. The third-order valence-corrected chi connectivity index (χ3v) is 6.73. The molecule has 1 aliphatic rings. The number of hydrogen-bond donors (Lipinski definition) is 2. The maximum Gasteiger partial charge on any atom is 0.416 e. The molecular formula is C29H25F3N4O2. The molecule has 9 heteroatoms. The Morgan fingerprint density at radius 2 is 1.71 bits per heavy atom. The highest BCUT2D eigenvalue weighted by Gasteiger charge is 2.39. The van der Waals surface area contributed by atoms with E-state index >= 15 is 0 Å². The van der Waals surface area contributed by atoms with Crippen molar-refractivity contribution in [3.63, 3.8) is 0 Å². The summed E-state index contributed by atoms with van der Waals surface area (Å²) in [6, 6.07) is 16.0. The average molecular weight is 519 g/mol. The Balaban J connectivity index is 1.58. The van der Waals surface area contributed by atoms with E-state index in [-0.39, 0.29) is 28.9 Å². The van der Waals surface area contributed by atoms with E-state index in [0.717, 1.165) is 44.7 Å². The molecule has 1 aromatic heterocycles. The molecule has 0 spiro atoms. The smallest absolute Gasteiger partial charge is 0.361 e. The lowest BCUT2D eigenvalue weighted by Crippen LogP contribution is -2.38. The first-order valence-corrected chi connectivity index (χ1v) is 11.9. The molecule has 38 heavy (non-hydrogen) atoms. The van der Waals surface area contributed by atoms with Crippen LogP contribution in [0.15, 0.2) is 72.6 Å². The number of H-pyrrole nitrogens is 1. The lowest BCUT2D eigenvalue weighted by atomic mass is 10.0. The van der Waals surface area contributed by atoms with Gasteiger partial charge in [-0.25, -0.2) is 5.84 Å². The minimum absolute atomic E-state index is 0.0278. The number of hydrogen-bond acceptors (Lipinski definition) is 3. The Kier molecular flexibility index (Phi) is 6.11. The lowest BCUT2D eigenvalue weighted by Gasteiger charge is -2.21. The molecule has 0 unspecified atom stereocenters. The van der Waals surface area contributed by atoms with Gasteiger partial charge in [-0.2, -0.15) is 13.2 Å². The lowest BCUT2D eigenvalue weighted by molar-refractivity contribution is -0.137. The number of aromatic amines is 1. The molecule has 0 radical (unpaired) electrons. The Bertz CT molecular complexity index is 1610. The van der Waals surface area contributed by atoms with Gasteiger partial charge in [0.25, 0.3) is 5.91 Å². The molecule has 0 atom stereocenters. The first-order chi connectivity index (χ1) is 18.0. The minimum Gasteiger partial charge on any atom is -0.361 e. The summed E-state index contributed by atoms with van der Waals surface area (Å²) in [4.78, 5) is 31.3. The number of nitrogens with zero attached hydrogens (tertiary/aromatic N) is 2. The van der Waals surface area contributed by atoms with Crippen molar-refractivity contribution in [3.05, 3.63) is 100 Å². The molecular weight excluding hydrogens is 493 g/mol. The number of allylic oxidation sites excluding steroid dienone is 1. The minimum atomic E-state index is -4.59. The van der Waals surface area contributed by atoms with Crippen LogP contribution >= 0.6 is 0 Å². The zero-order valence-corrected chi connectivity index (χ0v) is 21.0. The van der Waals surface area contributed by atoms with Gasteiger partial charge < -0.3 is 4.98 Å². The third kappa shape index (κ3) is 4.35. The second kappa shape index (κ2) is 9.18. The fourth-order valence-corrected chi connectivity index (χ4v) is 4.96. The number of carbonyl (C=O) groups excluding carboxylic acids is 2. The normalized spacial score (nSPS) is 14.7. The number of rotatable bonds is 4. The van der Waals surface area contributed by atoms with Crippen LogP contribution in [0.25, 0.3) is 16.5 Å². The molecule has 2 heterocycles. The van der Waals surface area contributed by atoms with E-state index in [1.165, 1.54) is 17.9 Å². The number of hydrazine groups is 1. The number of aryl methyl sites for hydroxylation is 2. The maximum atomic E-state index is 13.8. The van der Waals surface area contributed by atoms with Crippen molar-refractivity contribution >= 4 is 39.7 Å². The van der Waals surface area contributed by atoms with Crippen LogP contribution in [0.3, 0.4) is 0 Å². The van der Waals surface area contributed by atoms with Gasteiger partial charge in [-0.15, -0.1) is 0 Å². The average Bonchev–Trinajstić information content (AvgIpc) is 3.39. The molecule has 2 amide bonds. The quantitative estimate of drug-likeness (QED) is 0.147. The summed E-state index contributed by atoms with van der Waals surface area (Å²) < 4.78 is 40.8. The van der Waals surface area contributed by atoms with Gasteiger partial charge in [-0.3, -0.25) is 19.5 Å². The van der Waals surface area contributed by atoms with Crippen molar-refractivity contribution in [1.29, 1.82) is 0 Å². The Labute approximate surface area is 217 Å². The molecule has 1 aliphatic heterocycles. The van der Waals surface area contributed by atoms with Crippen molar-refractivity contribution in [1.82, 2.24) is 9.99 Å². The second-order valence-electron chi connectivity index (χ2n) is 9.48. The summed E-state index contributed by atoms with van der Waals surface area (Å²) >= 11 is 0. The van der Waals surface area contributed by atoms with Crippen molar-refractivity contribution in [3.8, 4) is 0 Å². The summed E-state index contributed by atoms with van der Waals surface area (Å²) in [5.41, 5.74) is 3.45. The predicted molar refractivity (Wildman–Crippen MR) is 140 cm³/mol. The predicted octanol–water partition coefficient (Wildman–Crippen LogP) is 6.16. The van der Waals surface area contributed by atoms with Crippen LogP contribution in [-0.4, -0.2) is 21.8 Å². The Morgan fingerprint density at radius 3 is 2.39 bits per heavy atom. The number of nitrogens with two attached hydrogens (primary N) is 1. The topological polar surface area (TPSA) is 82.4 Å². The number of halogens is 3. The van der Waals surface area contributed by atoms with E-state index in [0.29, 0.717) is 5.69 Å². The highest BCUT2D eigenvalue weighted by Crippen LogP contribution is 2.46. The molecule has 0 saturated heterocycles. The van der Waals surface area contributed by atoms with E-state index in [2.05, 4.69) is 4.98 Å². The molecule has 3 aromatic carbocycles. The molecule has 0 saturated carbocycles. The molecule has 0 aliphatic carbocycles. The van der Waals surface area contributed by atoms with Crippen LogP contribution in [0.5, 0.6) is 0 Å². The van der Waals surface area contributed by atoms with Gasteiger partial charge >= 0.3 is 6.18 Å². The summed E-state index contributed by atoms with van der Waals surface area (Å²) in [6.07, 6.45) is -2.89. The largest absolute Gasteiger partial charge is 0.416 e. The molecule has 5 rings (SSSR count). The number of benzene rings is 3. The van der Waals surface area contributed by atoms with Gasteiger partial charge in [0.2, 0.25) is 5.91 Å². The van der Waals surface area contributed by atoms with Crippen LogP contribution in [-0.2, 0) is 22.2 Å². The van der Waals surface area contributed by atoms with Gasteiger partial charge in [0.05, 0.1) is 23.2 Å². The van der Waals surface area contributed by atoms with Gasteiger partial charge in [-0.1, -0.05) is 30.3 Å². The molecule has 3 N–H and O–H groups in total. The van der Waals surface area contributed by atoms with E-state index in [1.54, 1.807) is 18.3 Å². The first-order valence-electron chi connectivity index (χ1n) is 11.9. The van der Waals surface area contributed by atoms with Crippen LogP contribution in [0.4, 0.5) is 24.5 Å². The molecule has 4 aromatic rings. The van der Waals surface area contributed by atoms with Crippen molar-refractivity contribution in [2.45, 2.75) is 33.4 Å². The number of anilines is 2. The highest BCUT2D eigenvalue weighted by atomic mass is 19.4. The monoisotopic (exact) mass is 518 g/mol. The summed E-state index contributed by atoms with van der Waals surface area (Å²) in [5, 5.41) is 1.78. The van der Waals surface area contributed by atoms with Gasteiger partial charge in [0.1, 0.15) is 0 Å². The molecule has 0 fully saturated rings. The second-order valence-corrected chi connectivity index (χ2v) is 9.48. The zero-order valence-electron chi connectivity index (χ0n) is 21.0. The molecule has 194 valence electrons. The zero-order chi connectivity index (χ0) is 27.4. The van der Waals surface area contributed by atoms with E-state index < -0.39 is 23.6 Å². The SMILES string of the molecule is C/C(=C1/C(=O)N(c2cc(C)cc(C)c2)c2cc(C(F)(F)F)ccc21)N(N)C(=O)Cc1c[nH]c2ccccc12. The van der Waals surface area contributed by atoms with Gasteiger partial charge in [0.15, 0.2) is 0 Å².